The van der Waals surface area contributed by atoms with Gasteiger partial charge in [-0.1, -0.05) is 13.5 Å². The minimum atomic E-state index is 0.130. The molecule has 0 bridgehead atoms. The number of amides is 1. The van der Waals surface area contributed by atoms with Gasteiger partial charge in [0, 0.05) is 13.1 Å². The van der Waals surface area contributed by atoms with Gasteiger partial charge in [0.1, 0.15) is 0 Å². The van der Waals surface area contributed by atoms with Crippen LogP contribution in [0.1, 0.15) is 13.3 Å². The molecule has 1 saturated heterocycles. The topological polar surface area (TPSA) is 50.4 Å². The van der Waals surface area contributed by atoms with Crippen molar-refractivity contribution in [1.82, 2.24) is 10.6 Å². The van der Waals surface area contributed by atoms with Crippen molar-refractivity contribution in [1.29, 1.82) is 0 Å². The molecule has 0 aliphatic carbocycles. The highest BCUT2D eigenvalue weighted by molar-refractivity contribution is 5.79. The van der Waals surface area contributed by atoms with Gasteiger partial charge in [-0.3, -0.25) is 4.79 Å². The Balaban J connectivity index is 2.10. The Morgan fingerprint density at radius 2 is 2.47 bits per heavy atom. The molecule has 0 saturated carbocycles. The van der Waals surface area contributed by atoms with Gasteiger partial charge in [0.2, 0.25) is 5.91 Å². The van der Waals surface area contributed by atoms with E-state index in [1.807, 2.05) is 0 Å². The Bertz CT molecular complexity index is 219. The van der Waals surface area contributed by atoms with Gasteiger partial charge in [0.25, 0.3) is 0 Å². The van der Waals surface area contributed by atoms with Crippen molar-refractivity contribution < 1.29 is 9.53 Å². The lowest BCUT2D eigenvalue weighted by atomic mass is 9.97. The first-order valence-electron chi connectivity index (χ1n) is 5.46. The van der Waals surface area contributed by atoms with E-state index >= 15 is 0 Å². The molecule has 1 aliphatic rings. The van der Waals surface area contributed by atoms with Crippen molar-refractivity contribution in [2.75, 3.05) is 26.2 Å². The van der Waals surface area contributed by atoms with Crippen molar-refractivity contribution in [3.05, 3.63) is 12.8 Å². The Morgan fingerprint density at radius 3 is 3.07 bits per heavy atom. The van der Waals surface area contributed by atoms with E-state index in [-0.39, 0.29) is 11.8 Å². The molecule has 2 N–H and O–H groups in total. The summed E-state index contributed by atoms with van der Waals surface area (Å²) in [4.78, 5) is 11.7. The molecular formula is C11H20N2O2. The zero-order chi connectivity index (χ0) is 11.1. The lowest BCUT2D eigenvalue weighted by Crippen LogP contribution is -2.35. The highest BCUT2D eigenvalue weighted by Crippen LogP contribution is 2.15. The van der Waals surface area contributed by atoms with Gasteiger partial charge < -0.3 is 15.4 Å². The Labute approximate surface area is 91.1 Å². The van der Waals surface area contributed by atoms with Gasteiger partial charge in [-0.25, -0.2) is 0 Å². The number of carbonyl (C=O) groups excluding carboxylic acids is 1. The normalized spacial score (nSPS) is 24.9. The van der Waals surface area contributed by atoms with Gasteiger partial charge in [-0.2, -0.15) is 0 Å². The quantitative estimate of drug-likeness (QED) is 0.498. The van der Waals surface area contributed by atoms with Crippen LogP contribution in [-0.4, -0.2) is 32.1 Å². The van der Waals surface area contributed by atoms with Crippen molar-refractivity contribution in [2.24, 2.45) is 11.8 Å². The summed E-state index contributed by atoms with van der Waals surface area (Å²) in [5.41, 5.74) is 0. The SMILES string of the molecule is C=COCCCNC(=O)C1CNCC1C. The molecule has 4 heteroatoms. The van der Waals surface area contributed by atoms with E-state index in [1.165, 1.54) is 6.26 Å². The predicted octanol–water partition coefficient (Wildman–Crippen LogP) is 0.508. The molecule has 1 amide bonds. The monoisotopic (exact) mass is 212 g/mol. The predicted molar refractivity (Wildman–Crippen MR) is 59.3 cm³/mol. The Hall–Kier alpha value is -1.03. The van der Waals surface area contributed by atoms with E-state index in [9.17, 15) is 4.79 Å². The largest absolute Gasteiger partial charge is 0.502 e. The number of nitrogens with one attached hydrogen (secondary N) is 2. The summed E-state index contributed by atoms with van der Waals surface area (Å²) in [5.74, 6) is 0.728. The summed E-state index contributed by atoms with van der Waals surface area (Å²) in [6.07, 6.45) is 2.25. The van der Waals surface area contributed by atoms with E-state index in [1.54, 1.807) is 0 Å². The van der Waals surface area contributed by atoms with E-state index in [0.717, 1.165) is 19.5 Å². The van der Waals surface area contributed by atoms with Crippen LogP contribution in [0, 0.1) is 11.8 Å². The van der Waals surface area contributed by atoms with Gasteiger partial charge in [-0.05, 0) is 18.9 Å². The zero-order valence-corrected chi connectivity index (χ0v) is 9.29. The molecule has 2 atom stereocenters. The molecule has 15 heavy (non-hydrogen) atoms. The molecule has 1 rings (SSSR count). The first-order chi connectivity index (χ1) is 7.25. The number of ether oxygens (including phenoxy) is 1. The van der Waals surface area contributed by atoms with E-state index in [4.69, 9.17) is 4.74 Å². The third-order valence-corrected chi connectivity index (χ3v) is 2.71. The first-order valence-corrected chi connectivity index (χ1v) is 5.46. The van der Waals surface area contributed by atoms with Crippen LogP contribution < -0.4 is 10.6 Å². The molecule has 4 nitrogen and oxygen atoms in total. The molecule has 0 aromatic heterocycles. The molecule has 1 heterocycles. The van der Waals surface area contributed by atoms with Crippen LogP contribution in [0.2, 0.25) is 0 Å². The van der Waals surface area contributed by atoms with Crippen molar-refractivity contribution in [3.8, 4) is 0 Å². The van der Waals surface area contributed by atoms with Crippen LogP contribution in [0.4, 0.5) is 0 Å². The van der Waals surface area contributed by atoms with Crippen molar-refractivity contribution in [3.63, 3.8) is 0 Å². The molecule has 1 aliphatic heterocycles. The van der Waals surface area contributed by atoms with Crippen LogP contribution in [0.3, 0.4) is 0 Å². The summed E-state index contributed by atoms with van der Waals surface area (Å²) >= 11 is 0. The number of rotatable bonds is 6. The number of hydrogen-bond donors (Lipinski definition) is 2. The fourth-order valence-corrected chi connectivity index (χ4v) is 1.74. The van der Waals surface area contributed by atoms with Gasteiger partial charge in [0.15, 0.2) is 0 Å². The average molecular weight is 212 g/mol. The van der Waals surface area contributed by atoms with E-state index in [0.29, 0.717) is 19.1 Å². The maximum Gasteiger partial charge on any atom is 0.224 e. The van der Waals surface area contributed by atoms with Crippen LogP contribution in [0.25, 0.3) is 0 Å². The molecule has 0 spiro atoms. The van der Waals surface area contributed by atoms with Gasteiger partial charge >= 0.3 is 0 Å². The van der Waals surface area contributed by atoms with Crippen LogP contribution in [0.15, 0.2) is 12.8 Å². The van der Waals surface area contributed by atoms with Crippen molar-refractivity contribution >= 4 is 5.91 Å². The fraction of sp³-hybridized carbons (Fsp3) is 0.727. The summed E-state index contributed by atoms with van der Waals surface area (Å²) in [6, 6.07) is 0. The second kappa shape index (κ2) is 6.45. The number of carbonyl (C=O) groups is 1. The lowest BCUT2D eigenvalue weighted by molar-refractivity contribution is -0.125. The highest BCUT2D eigenvalue weighted by atomic mass is 16.5. The molecule has 1 fully saturated rings. The summed E-state index contributed by atoms with van der Waals surface area (Å²) in [7, 11) is 0. The van der Waals surface area contributed by atoms with E-state index < -0.39 is 0 Å². The number of hydrogen-bond acceptors (Lipinski definition) is 3. The second-order valence-electron chi connectivity index (χ2n) is 3.92. The van der Waals surface area contributed by atoms with Crippen LogP contribution >= 0.6 is 0 Å². The second-order valence-corrected chi connectivity index (χ2v) is 3.92. The molecule has 86 valence electrons. The minimum absolute atomic E-state index is 0.130. The maximum absolute atomic E-state index is 11.7. The van der Waals surface area contributed by atoms with Gasteiger partial charge in [-0.15, -0.1) is 0 Å². The molecule has 0 radical (unpaired) electrons. The fourth-order valence-electron chi connectivity index (χ4n) is 1.74. The van der Waals surface area contributed by atoms with E-state index in [2.05, 4.69) is 24.1 Å². The van der Waals surface area contributed by atoms with Gasteiger partial charge in [0.05, 0.1) is 18.8 Å². The summed E-state index contributed by atoms with van der Waals surface area (Å²) in [5, 5.41) is 6.14. The minimum Gasteiger partial charge on any atom is -0.502 e. The molecular weight excluding hydrogens is 192 g/mol. The molecule has 0 aromatic rings. The van der Waals surface area contributed by atoms with Crippen LogP contribution in [0.5, 0.6) is 0 Å². The first kappa shape index (κ1) is 12.0. The maximum atomic E-state index is 11.7. The average Bonchev–Trinajstić information content (AvgIpc) is 2.64. The summed E-state index contributed by atoms with van der Waals surface area (Å²) in [6.45, 7) is 8.58. The third-order valence-electron chi connectivity index (χ3n) is 2.71. The Morgan fingerprint density at radius 1 is 1.67 bits per heavy atom. The smallest absolute Gasteiger partial charge is 0.224 e. The van der Waals surface area contributed by atoms with Crippen molar-refractivity contribution in [2.45, 2.75) is 13.3 Å². The molecule has 2 unspecified atom stereocenters. The lowest BCUT2D eigenvalue weighted by Gasteiger charge is -2.13. The highest BCUT2D eigenvalue weighted by Gasteiger charge is 2.28. The summed E-state index contributed by atoms with van der Waals surface area (Å²) < 4.78 is 4.96. The third kappa shape index (κ3) is 3.91. The standard InChI is InChI=1S/C11H20N2O2/c1-3-15-6-4-5-13-11(14)10-8-12-7-9(10)2/h3,9-10,12H,1,4-8H2,2H3,(H,13,14). The molecule has 0 aromatic carbocycles. The Kier molecular flexibility index (Phi) is 5.18. The zero-order valence-electron chi connectivity index (χ0n) is 9.29. The van der Waals surface area contributed by atoms with Crippen LogP contribution in [-0.2, 0) is 9.53 Å².